The maximum atomic E-state index is 12.9. The molecule has 1 rings (SSSR count). The first-order valence-corrected chi connectivity index (χ1v) is 6.33. The summed E-state index contributed by atoms with van der Waals surface area (Å²) in [7, 11) is 0. The number of rotatable bonds is 4. The molecule has 0 aliphatic rings. The summed E-state index contributed by atoms with van der Waals surface area (Å²) in [5, 5.41) is 9.70. The molecule has 1 nitrogen and oxygen atoms in total. The van der Waals surface area contributed by atoms with Crippen molar-refractivity contribution >= 4 is 15.9 Å². The summed E-state index contributed by atoms with van der Waals surface area (Å²) >= 11 is 3.35. The van der Waals surface area contributed by atoms with Gasteiger partial charge in [0.1, 0.15) is 5.82 Å². The molecule has 3 heteroatoms. The Kier molecular flexibility index (Phi) is 4.93. The predicted octanol–water partition coefficient (Wildman–Crippen LogP) is 3.78. The van der Waals surface area contributed by atoms with E-state index in [1.54, 1.807) is 6.07 Å². The minimum atomic E-state index is -0.350. The van der Waals surface area contributed by atoms with E-state index in [1.165, 1.54) is 12.1 Å². The zero-order valence-electron chi connectivity index (χ0n) is 9.87. The number of aliphatic hydroxyl groups is 1. The van der Waals surface area contributed by atoms with Crippen LogP contribution in [0, 0.1) is 17.7 Å². The minimum Gasteiger partial charge on any atom is -0.393 e. The summed E-state index contributed by atoms with van der Waals surface area (Å²) in [6.45, 7) is 5.99. The van der Waals surface area contributed by atoms with Gasteiger partial charge >= 0.3 is 0 Å². The smallest absolute Gasteiger partial charge is 0.124 e. The van der Waals surface area contributed by atoms with Crippen LogP contribution in [0.1, 0.15) is 26.3 Å². The van der Waals surface area contributed by atoms with Crippen molar-refractivity contribution < 1.29 is 9.50 Å². The molecule has 0 heterocycles. The third-order valence-electron chi connectivity index (χ3n) is 2.95. The number of benzene rings is 1. The topological polar surface area (TPSA) is 20.2 Å². The third kappa shape index (κ3) is 3.56. The van der Waals surface area contributed by atoms with Gasteiger partial charge in [-0.25, -0.2) is 4.39 Å². The van der Waals surface area contributed by atoms with E-state index < -0.39 is 0 Å². The van der Waals surface area contributed by atoms with Crippen molar-refractivity contribution in [1.29, 1.82) is 0 Å². The Morgan fingerprint density at radius 1 is 1.31 bits per heavy atom. The largest absolute Gasteiger partial charge is 0.393 e. The van der Waals surface area contributed by atoms with Gasteiger partial charge in [0.15, 0.2) is 0 Å². The molecule has 1 aromatic carbocycles. The number of hydrogen-bond donors (Lipinski definition) is 1. The second kappa shape index (κ2) is 5.78. The molecule has 1 N–H and O–H groups in total. The second-order valence-electron chi connectivity index (χ2n) is 4.59. The van der Waals surface area contributed by atoms with E-state index in [9.17, 15) is 9.50 Å². The first-order valence-electron chi connectivity index (χ1n) is 5.53. The summed E-state index contributed by atoms with van der Waals surface area (Å²) in [5.41, 5.74) is 1.04. The van der Waals surface area contributed by atoms with Crippen molar-refractivity contribution in [3.63, 3.8) is 0 Å². The number of hydrogen-bond acceptors (Lipinski definition) is 1. The molecular formula is C13H18BrFO. The van der Waals surface area contributed by atoms with Crippen molar-refractivity contribution in [3.8, 4) is 0 Å². The molecule has 0 aliphatic heterocycles. The highest BCUT2D eigenvalue weighted by Gasteiger charge is 2.20. The van der Waals surface area contributed by atoms with E-state index in [2.05, 4.69) is 29.8 Å². The van der Waals surface area contributed by atoms with Gasteiger partial charge in [-0.15, -0.1) is 0 Å². The molecular weight excluding hydrogens is 271 g/mol. The Bertz CT molecular complexity index is 342. The Morgan fingerprint density at radius 2 is 1.94 bits per heavy atom. The van der Waals surface area contributed by atoms with Crippen LogP contribution in [-0.4, -0.2) is 11.2 Å². The van der Waals surface area contributed by atoms with E-state index >= 15 is 0 Å². The van der Waals surface area contributed by atoms with Crippen molar-refractivity contribution in [2.45, 2.75) is 33.3 Å². The first kappa shape index (κ1) is 13.7. The quantitative estimate of drug-likeness (QED) is 0.894. The highest BCUT2D eigenvalue weighted by molar-refractivity contribution is 9.10. The first-order chi connectivity index (χ1) is 7.41. The Hall–Kier alpha value is -0.410. The lowest BCUT2D eigenvalue weighted by atomic mass is 9.85. The fraction of sp³-hybridized carbons (Fsp3) is 0.538. The van der Waals surface area contributed by atoms with E-state index in [-0.39, 0.29) is 17.8 Å². The standard InChI is InChI=1S/C13H18BrFO/c1-8(2)12(9(3)16)6-10-4-5-11(15)7-13(10)14/h4-5,7-9,12,16H,6H2,1-3H3. The average molecular weight is 289 g/mol. The van der Waals surface area contributed by atoms with E-state index in [0.717, 1.165) is 16.5 Å². The maximum Gasteiger partial charge on any atom is 0.124 e. The third-order valence-corrected chi connectivity index (χ3v) is 3.68. The van der Waals surface area contributed by atoms with E-state index in [0.29, 0.717) is 5.92 Å². The van der Waals surface area contributed by atoms with Gasteiger partial charge in [-0.2, -0.15) is 0 Å². The lowest BCUT2D eigenvalue weighted by Gasteiger charge is -2.24. The van der Waals surface area contributed by atoms with Crippen molar-refractivity contribution in [1.82, 2.24) is 0 Å². The average Bonchev–Trinajstić information content (AvgIpc) is 2.15. The molecule has 0 saturated heterocycles. The zero-order valence-corrected chi connectivity index (χ0v) is 11.5. The summed E-state index contributed by atoms with van der Waals surface area (Å²) in [6, 6.07) is 4.70. The SMILES string of the molecule is CC(C)C(Cc1ccc(F)cc1Br)C(C)O. The normalized spacial score (nSPS) is 15.2. The maximum absolute atomic E-state index is 12.9. The molecule has 0 spiro atoms. The van der Waals surface area contributed by atoms with Crippen molar-refractivity contribution in [3.05, 3.63) is 34.1 Å². The van der Waals surface area contributed by atoms with Gasteiger partial charge < -0.3 is 5.11 Å². The fourth-order valence-corrected chi connectivity index (χ4v) is 2.42. The molecule has 0 radical (unpaired) electrons. The monoisotopic (exact) mass is 288 g/mol. The molecule has 0 bridgehead atoms. The highest BCUT2D eigenvalue weighted by atomic mass is 79.9. The fourth-order valence-electron chi connectivity index (χ4n) is 1.90. The van der Waals surface area contributed by atoms with E-state index in [1.807, 2.05) is 6.92 Å². The summed E-state index contributed by atoms with van der Waals surface area (Å²) in [4.78, 5) is 0. The van der Waals surface area contributed by atoms with Crippen molar-refractivity contribution in [2.75, 3.05) is 0 Å². The van der Waals surface area contributed by atoms with E-state index in [4.69, 9.17) is 0 Å². The van der Waals surface area contributed by atoms with Gasteiger partial charge in [-0.1, -0.05) is 35.8 Å². The molecule has 0 aromatic heterocycles. The van der Waals surface area contributed by atoms with Gasteiger partial charge in [0.2, 0.25) is 0 Å². The Morgan fingerprint density at radius 3 is 2.38 bits per heavy atom. The molecule has 0 aliphatic carbocycles. The molecule has 2 unspecified atom stereocenters. The molecule has 0 saturated carbocycles. The minimum absolute atomic E-state index is 0.196. The summed E-state index contributed by atoms with van der Waals surface area (Å²) < 4.78 is 13.7. The molecule has 16 heavy (non-hydrogen) atoms. The molecule has 90 valence electrons. The molecule has 0 fully saturated rings. The van der Waals surface area contributed by atoms with Crippen LogP contribution < -0.4 is 0 Å². The van der Waals surface area contributed by atoms with Crippen LogP contribution in [0.2, 0.25) is 0 Å². The summed E-state index contributed by atoms with van der Waals surface area (Å²) in [6.07, 6.45) is 0.410. The lowest BCUT2D eigenvalue weighted by Crippen LogP contribution is -2.24. The van der Waals surface area contributed by atoms with Crippen LogP contribution >= 0.6 is 15.9 Å². The predicted molar refractivity (Wildman–Crippen MR) is 67.8 cm³/mol. The Balaban J connectivity index is 2.85. The van der Waals surface area contributed by atoms with Crippen LogP contribution in [-0.2, 0) is 6.42 Å². The molecule has 2 atom stereocenters. The molecule has 1 aromatic rings. The number of halogens is 2. The zero-order chi connectivity index (χ0) is 12.3. The highest BCUT2D eigenvalue weighted by Crippen LogP contribution is 2.26. The van der Waals surface area contributed by atoms with Gasteiger partial charge in [-0.05, 0) is 42.9 Å². The van der Waals surface area contributed by atoms with Gasteiger partial charge in [0.05, 0.1) is 6.10 Å². The molecule has 0 amide bonds. The summed E-state index contributed by atoms with van der Waals surface area (Å²) in [5.74, 6) is 0.354. The number of aliphatic hydroxyl groups excluding tert-OH is 1. The van der Waals surface area contributed by atoms with Crippen LogP contribution in [0.4, 0.5) is 4.39 Å². The van der Waals surface area contributed by atoms with Gasteiger partial charge in [-0.3, -0.25) is 0 Å². The van der Waals surface area contributed by atoms with Crippen LogP contribution in [0.15, 0.2) is 22.7 Å². The van der Waals surface area contributed by atoms with Gasteiger partial charge in [0.25, 0.3) is 0 Å². The Labute approximate surface area is 105 Å². The lowest BCUT2D eigenvalue weighted by molar-refractivity contribution is 0.0976. The van der Waals surface area contributed by atoms with Crippen molar-refractivity contribution in [2.24, 2.45) is 11.8 Å². The van der Waals surface area contributed by atoms with Gasteiger partial charge in [0, 0.05) is 4.47 Å². The van der Waals surface area contributed by atoms with Crippen LogP contribution in [0.25, 0.3) is 0 Å². The van der Waals surface area contributed by atoms with Crippen LogP contribution in [0.5, 0.6) is 0 Å². The second-order valence-corrected chi connectivity index (χ2v) is 5.44. The van der Waals surface area contributed by atoms with Crippen LogP contribution in [0.3, 0.4) is 0 Å².